The fraction of sp³-hybridized carbons (Fsp3) is 0.929. The Morgan fingerprint density at radius 2 is 1.94 bits per heavy atom. The van der Waals surface area contributed by atoms with E-state index in [1.54, 1.807) is 0 Å². The van der Waals surface area contributed by atoms with Crippen molar-refractivity contribution < 1.29 is 4.79 Å². The van der Waals surface area contributed by atoms with Gasteiger partial charge in [0.15, 0.2) is 0 Å². The van der Waals surface area contributed by atoms with Crippen LogP contribution in [0.5, 0.6) is 0 Å². The Kier molecular flexibility index (Phi) is 4.43. The number of rotatable bonds is 4. The minimum atomic E-state index is 0.217. The lowest BCUT2D eigenvalue weighted by molar-refractivity contribution is -0.126. The lowest BCUT2D eigenvalue weighted by Gasteiger charge is -2.32. The first-order chi connectivity index (χ1) is 8.24. The van der Waals surface area contributed by atoms with Crippen LogP contribution in [0.2, 0.25) is 0 Å². The van der Waals surface area contributed by atoms with Gasteiger partial charge in [-0.3, -0.25) is 4.79 Å². The van der Waals surface area contributed by atoms with Crippen LogP contribution in [0.25, 0.3) is 0 Å². The van der Waals surface area contributed by atoms with Gasteiger partial charge in [-0.15, -0.1) is 0 Å². The van der Waals surface area contributed by atoms with Gasteiger partial charge in [0.25, 0.3) is 0 Å². The van der Waals surface area contributed by atoms with E-state index in [0.29, 0.717) is 6.04 Å². The van der Waals surface area contributed by atoms with Crippen LogP contribution < -0.4 is 10.6 Å². The maximum Gasteiger partial charge on any atom is 0.223 e. The monoisotopic (exact) mass is 238 g/mol. The van der Waals surface area contributed by atoms with Gasteiger partial charge in [-0.2, -0.15) is 0 Å². The minimum Gasteiger partial charge on any atom is -0.353 e. The molecule has 2 aliphatic rings. The molecule has 1 aliphatic heterocycles. The van der Waals surface area contributed by atoms with Crippen molar-refractivity contribution in [3.8, 4) is 0 Å². The van der Waals surface area contributed by atoms with E-state index in [9.17, 15) is 4.79 Å². The predicted molar refractivity (Wildman–Crippen MR) is 69.7 cm³/mol. The van der Waals surface area contributed by atoms with E-state index in [-0.39, 0.29) is 11.8 Å². The molecule has 3 atom stereocenters. The summed E-state index contributed by atoms with van der Waals surface area (Å²) in [7, 11) is 0. The highest BCUT2D eigenvalue weighted by Gasteiger charge is 2.34. The van der Waals surface area contributed by atoms with Crippen LogP contribution in [0.1, 0.15) is 46.0 Å². The molecule has 1 aliphatic carbocycles. The molecule has 1 saturated heterocycles. The van der Waals surface area contributed by atoms with Crippen molar-refractivity contribution in [3.05, 3.63) is 0 Å². The molecule has 1 heterocycles. The van der Waals surface area contributed by atoms with Crippen molar-refractivity contribution in [1.82, 2.24) is 10.6 Å². The molecule has 0 radical (unpaired) electrons. The van der Waals surface area contributed by atoms with E-state index >= 15 is 0 Å². The summed E-state index contributed by atoms with van der Waals surface area (Å²) >= 11 is 0. The van der Waals surface area contributed by atoms with Crippen LogP contribution in [-0.2, 0) is 4.79 Å². The van der Waals surface area contributed by atoms with E-state index in [1.807, 2.05) is 0 Å². The zero-order valence-electron chi connectivity index (χ0n) is 11.2. The molecule has 0 spiro atoms. The van der Waals surface area contributed by atoms with Gasteiger partial charge in [0.05, 0.1) is 0 Å². The zero-order chi connectivity index (χ0) is 12.3. The topological polar surface area (TPSA) is 41.1 Å². The number of nitrogens with one attached hydrogen (secondary N) is 2. The number of carbonyl (C=O) groups is 1. The third-order valence-electron chi connectivity index (χ3n) is 4.66. The highest BCUT2D eigenvalue weighted by Crippen LogP contribution is 2.32. The zero-order valence-corrected chi connectivity index (χ0v) is 11.2. The Hall–Kier alpha value is -0.570. The van der Waals surface area contributed by atoms with Gasteiger partial charge in [0.2, 0.25) is 5.91 Å². The summed E-state index contributed by atoms with van der Waals surface area (Å²) in [5, 5.41) is 6.74. The molecule has 2 rings (SSSR count). The van der Waals surface area contributed by atoms with Gasteiger partial charge < -0.3 is 10.6 Å². The second kappa shape index (κ2) is 5.85. The second-order valence-corrected chi connectivity index (χ2v) is 5.71. The first-order valence-corrected chi connectivity index (χ1v) is 7.25. The SMILES string of the molecule is CCC(CC)C(=O)NC1CC[C@H]2CNC[C@H]2C1. The third kappa shape index (κ3) is 3.01. The highest BCUT2D eigenvalue weighted by atomic mass is 16.1. The molecular weight excluding hydrogens is 212 g/mol. The van der Waals surface area contributed by atoms with Crippen LogP contribution >= 0.6 is 0 Å². The molecule has 3 heteroatoms. The number of fused-ring (bicyclic) bond motifs is 1. The molecule has 3 nitrogen and oxygen atoms in total. The summed E-state index contributed by atoms with van der Waals surface area (Å²) in [6, 6.07) is 0.434. The molecule has 2 N–H and O–H groups in total. The lowest BCUT2D eigenvalue weighted by Crippen LogP contribution is -2.43. The van der Waals surface area contributed by atoms with Crippen molar-refractivity contribution >= 4 is 5.91 Å². The predicted octanol–water partition coefficient (Wildman–Crippen LogP) is 1.93. The molecule has 0 aromatic carbocycles. The summed E-state index contributed by atoms with van der Waals surface area (Å²) in [5.41, 5.74) is 0. The first-order valence-electron chi connectivity index (χ1n) is 7.25. The average molecular weight is 238 g/mol. The van der Waals surface area contributed by atoms with Crippen molar-refractivity contribution in [1.29, 1.82) is 0 Å². The Morgan fingerprint density at radius 3 is 2.65 bits per heavy atom. The van der Waals surface area contributed by atoms with Crippen LogP contribution in [0.4, 0.5) is 0 Å². The molecule has 1 amide bonds. The Balaban J connectivity index is 1.81. The van der Waals surface area contributed by atoms with Crippen LogP contribution in [-0.4, -0.2) is 25.0 Å². The number of hydrogen-bond donors (Lipinski definition) is 2. The summed E-state index contributed by atoms with van der Waals surface area (Å²) in [5.74, 6) is 2.17. The molecular formula is C14H26N2O. The normalized spacial score (nSPS) is 32.5. The number of amides is 1. The quantitative estimate of drug-likeness (QED) is 0.786. The molecule has 17 heavy (non-hydrogen) atoms. The molecule has 98 valence electrons. The first kappa shape index (κ1) is 12.9. The van der Waals surface area contributed by atoms with Crippen molar-refractivity contribution in [3.63, 3.8) is 0 Å². The Labute approximate surface area is 105 Å². The van der Waals surface area contributed by atoms with Gasteiger partial charge in [-0.25, -0.2) is 0 Å². The van der Waals surface area contributed by atoms with Crippen molar-refractivity contribution in [2.75, 3.05) is 13.1 Å². The van der Waals surface area contributed by atoms with E-state index in [1.165, 1.54) is 25.8 Å². The van der Waals surface area contributed by atoms with Crippen molar-refractivity contribution in [2.24, 2.45) is 17.8 Å². The second-order valence-electron chi connectivity index (χ2n) is 5.71. The summed E-state index contributed by atoms with van der Waals surface area (Å²) in [6.07, 6.45) is 5.56. The van der Waals surface area contributed by atoms with Gasteiger partial charge in [0, 0.05) is 12.0 Å². The summed E-state index contributed by atoms with van der Waals surface area (Å²) in [4.78, 5) is 12.0. The van der Waals surface area contributed by atoms with E-state index in [4.69, 9.17) is 0 Å². The van der Waals surface area contributed by atoms with Crippen LogP contribution in [0.3, 0.4) is 0 Å². The van der Waals surface area contributed by atoms with Crippen LogP contribution in [0, 0.1) is 17.8 Å². The summed E-state index contributed by atoms with van der Waals surface area (Å²) in [6.45, 7) is 6.55. The molecule has 1 saturated carbocycles. The summed E-state index contributed by atoms with van der Waals surface area (Å²) < 4.78 is 0. The molecule has 0 aromatic rings. The van der Waals surface area contributed by atoms with Gasteiger partial charge in [-0.1, -0.05) is 13.8 Å². The van der Waals surface area contributed by atoms with Gasteiger partial charge >= 0.3 is 0 Å². The number of carbonyl (C=O) groups excluding carboxylic acids is 1. The fourth-order valence-electron chi connectivity index (χ4n) is 3.41. The molecule has 1 unspecified atom stereocenters. The Morgan fingerprint density at radius 1 is 1.24 bits per heavy atom. The lowest BCUT2D eigenvalue weighted by atomic mass is 9.79. The largest absolute Gasteiger partial charge is 0.353 e. The van der Waals surface area contributed by atoms with Gasteiger partial charge in [-0.05, 0) is 57.0 Å². The van der Waals surface area contributed by atoms with Crippen molar-refractivity contribution in [2.45, 2.75) is 52.0 Å². The molecule has 0 aromatic heterocycles. The average Bonchev–Trinajstić information content (AvgIpc) is 2.77. The van der Waals surface area contributed by atoms with E-state index < -0.39 is 0 Å². The van der Waals surface area contributed by atoms with Crippen LogP contribution in [0.15, 0.2) is 0 Å². The maximum absolute atomic E-state index is 12.0. The highest BCUT2D eigenvalue weighted by molar-refractivity contribution is 5.78. The maximum atomic E-state index is 12.0. The molecule has 2 fully saturated rings. The minimum absolute atomic E-state index is 0.217. The van der Waals surface area contributed by atoms with Gasteiger partial charge in [0.1, 0.15) is 0 Å². The van der Waals surface area contributed by atoms with E-state index in [2.05, 4.69) is 24.5 Å². The Bertz CT molecular complexity index is 263. The molecule has 0 bridgehead atoms. The number of hydrogen-bond acceptors (Lipinski definition) is 2. The third-order valence-corrected chi connectivity index (χ3v) is 4.66. The smallest absolute Gasteiger partial charge is 0.223 e. The standard InChI is InChI=1S/C14H26N2O/c1-3-10(4-2)14(17)16-13-6-5-11-8-15-9-12(11)7-13/h10-13,15H,3-9H2,1-2H3,(H,16,17)/t11-,12+,13?/m0/s1. The fourth-order valence-corrected chi connectivity index (χ4v) is 3.41. The van der Waals surface area contributed by atoms with E-state index in [0.717, 1.165) is 31.2 Å².